The van der Waals surface area contributed by atoms with E-state index in [1.807, 2.05) is 6.92 Å². The number of aliphatic hydroxyl groups is 1. The molecule has 0 amide bonds. The lowest BCUT2D eigenvalue weighted by atomic mass is 10.1. The highest BCUT2D eigenvalue weighted by molar-refractivity contribution is 5.43. The molecule has 0 spiro atoms. The van der Waals surface area contributed by atoms with Crippen LogP contribution in [0.1, 0.15) is 25.8 Å². The maximum Gasteiger partial charge on any atom is 0.387 e. The quantitative estimate of drug-likeness (QED) is 0.733. The van der Waals surface area contributed by atoms with E-state index >= 15 is 0 Å². The Bertz CT molecular complexity index is 402. The third-order valence-electron chi connectivity index (χ3n) is 2.74. The first-order valence-corrected chi connectivity index (χ1v) is 6.61. The summed E-state index contributed by atoms with van der Waals surface area (Å²) in [4.78, 5) is 0. The van der Waals surface area contributed by atoms with Gasteiger partial charge in [-0.3, -0.25) is 0 Å². The van der Waals surface area contributed by atoms with Crippen molar-refractivity contribution in [2.24, 2.45) is 0 Å². The van der Waals surface area contributed by atoms with Gasteiger partial charge in [0.25, 0.3) is 0 Å². The summed E-state index contributed by atoms with van der Waals surface area (Å²) >= 11 is 0. The average molecular weight is 289 g/mol. The van der Waals surface area contributed by atoms with Crippen molar-refractivity contribution < 1.29 is 23.4 Å². The van der Waals surface area contributed by atoms with Crippen LogP contribution in [0, 0.1) is 0 Å². The van der Waals surface area contributed by atoms with Gasteiger partial charge in [0.05, 0.1) is 6.61 Å². The number of hydrogen-bond donors (Lipinski definition) is 2. The molecule has 20 heavy (non-hydrogen) atoms. The normalized spacial score (nSPS) is 12.5. The van der Waals surface area contributed by atoms with Crippen LogP contribution in [0.5, 0.6) is 11.5 Å². The van der Waals surface area contributed by atoms with Gasteiger partial charge in [0.1, 0.15) is 0 Å². The number of nitrogens with one attached hydrogen (secondary N) is 1. The fraction of sp³-hybridized carbons (Fsp3) is 0.571. The summed E-state index contributed by atoms with van der Waals surface area (Å²) in [5, 5.41) is 12.0. The second-order valence-electron chi connectivity index (χ2n) is 4.39. The SMILES string of the molecule is CCOc1cc(CNC(C)CCO)ccc1OC(F)F. The van der Waals surface area contributed by atoms with Gasteiger partial charge in [-0.2, -0.15) is 8.78 Å². The Morgan fingerprint density at radius 1 is 1.30 bits per heavy atom. The van der Waals surface area contributed by atoms with Crippen LogP contribution in [0.3, 0.4) is 0 Å². The van der Waals surface area contributed by atoms with E-state index in [0.717, 1.165) is 5.56 Å². The Labute approximate surface area is 117 Å². The Morgan fingerprint density at radius 3 is 2.65 bits per heavy atom. The number of halogens is 2. The number of alkyl halides is 2. The molecule has 0 saturated carbocycles. The standard InChI is InChI=1S/C14H21F2NO3/c1-3-19-13-8-11(9-17-10(2)6-7-18)4-5-12(13)20-14(15)16/h4-5,8,10,14,17-18H,3,6-7,9H2,1-2H3. The van der Waals surface area contributed by atoms with Crippen molar-refractivity contribution in [3.63, 3.8) is 0 Å². The van der Waals surface area contributed by atoms with E-state index in [1.165, 1.54) is 6.07 Å². The summed E-state index contributed by atoms with van der Waals surface area (Å²) in [5.74, 6) is 0.343. The predicted octanol–water partition coefficient (Wildman–Crippen LogP) is 2.55. The van der Waals surface area contributed by atoms with E-state index in [1.54, 1.807) is 19.1 Å². The van der Waals surface area contributed by atoms with Gasteiger partial charge in [0.15, 0.2) is 11.5 Å². The smallest absolute Gasteiger partial charge is 0.387 e. The zero-order chi connectivity index (χ0) is 15.0. The van der Waals surface area contributed by atoms with Crippen molar-refractivity contribution in [1.82, 2.24) is 5.32 Å². The summed E-state index contributed by atoms with van der Waals surface area (Å²) in [6.07, 6.45) is 0.658. The first kappa shape index (κ1) is 16.7. The summed E-state index contributed by atoms with van der Waals surface area (Å²) in [7, 11) is 0. The molecule has 1 aromatic carbocycles. The molecule has 1 unspecified atom stereocenters. The Hall–Kier alpha value is -1.40. The summed E-state index contributed by atoms with van der Waals surface area (Å²) < 4.78 is 34.2. The third-order valence-corrected chi connectivity index (χ3v) is 2.74. The van der Waals surface area contributed by atoms with E-state index in [9.17, 15) is 8.78 Å². The number of aliphatic hydroxyl groups excluding tert-OH is 1. The summed E-state index contributed by atoms with van der Waals surface area (Å²) in [6.45, 7) is 1.93. The minimum atomic E-state index is -2.87. The minimum Gasteiger partial charge on any atom is -0.490 e. The van der Waals surface area contributed by atoms with Crippen molar-refractivity contribution in [3.8, 4) is 11.5 Å². The fourth-order valence-corrected chi connectivity index (χ4v) is 1.71. The average Bonchev–Trinajstić information content (AvgIpc) is 2.39. The van der Waals surface area contributed by atoms with Crippen LogP contribution in [-0.4, -0.2) is 31.0 Å². The van der Waals surface area contributed by atoms with Gasteiger partial charge in [-0.15, -0.1) is 0 Å². The van der Waals surface area contributed by atoms with E-state index in [2.05, 4.69) is 10.1 Å². The molecule has 0 fully saturated rings. The molecule has 0 aliphatic heterocycles. The monoisotopic (exact) mass is 289 g/mol. The highest BCUT2D eigenvalue weighted by Gasteiger charge is 2.11. The van der Waals surface area contributed by atoms with Gasteiger partial charge in [0, 0.05) is 19.2 Å². The molecular formula is C14H21F2NO3. The van der Waals surface area contributed by atoms with E-state index < -0.39 is 6.61 Å². The molecule has 1 rings (SSSR count). The first-order valence-electron chi connectivity index (χ1n) is 6.61. The van der Waals surface area contributed by atoms with Gasteiger partial charge in [-0.05, 0) is 38.0 Å². The van der Waals surface area contributed by atoms with Gasteiger partial charge in [0.2, 0.25) is 0 Å². The van der Waals surface area contributed by atoms with Gasteiger partial charge in [-0.25, -0.2) is 0 Å². The van der Waals surface area contributed by atoms with Crippen molar-refractivity contribution in [1.29, 1.82) is 0 Å². The lowest BCUT2D eigenvalue weighted by Crippen LogP contribution is -2.26. The number of ether oxygens (including phenoxy) is 2. The van der Waals surface area contributed by atoms with Crippen LogP contribution >= 0.6 is 0 Å². The van der Waals surface area contributed by atoms with Gasteiger partial charge in [-0.1, -0.05) is 6.07 Å². The lowest BCUT2D eigenvalue weighted by Gasteiger charge is -2.15. The van der Waals surface area contributed by atoms with Crippen molar-refractivity contribution in [3.05, 3.63) is 23.8 Å². The molecule has 114 valence electrons. The molecule has 0 radical (unpaired) electrons. The Kier molecular flexibility index (Phi) is 7.25. The zero-order valence-electron chi connectivity index (χ0n) is 11.7. The topological polar surface area (TPSA) is 50.7 Å². The second kappa shape index (κ2) is 8.71. The number of rotatable bonds is 9. The molecule has 0 aliphatic carbocycles. The lowest BCUT2D eigenvalue weighted by molar-refractivity contribution is -0.0514. The molecule has 0 saturated heterocycles. The summed E-state index contributed by atoms with van der Waals surface area (Å²) in [5.41, 5.74) is 0.903. The molecule has 0 aliphatic rings. The highest BCUT2D eigenvalue weighted by Crippen LogP contribution is 2.29. The largest absolute Gasteiger partial charge is 0.490 e. The van der Waals surface area contributed by atoms with Crippen LogP contribution in [0.4, 0.5) is 8.78 Å². The number of hydrogen-bond acceptors (Lipinski definition) is 4. The van der Waals surface area contributed by atoms with Crippen LogP contribution in [0.2, 0.25) is 0 Å². The molecule has 0 aromatic heterocycles. The molecule has 0 bridgehead atoms. The molecule has 6 heteroatoms. The Morgan fingerprint density at radius 2 is 2.05 bits per heavy atom. The zero-order valence-corrected chi connectivity index (χ0v) is 11.7. The molecule has 1 atom stereocenters. The van der Waals surface area contributed by atoms with E-state index in [0.29, 0.717) is 25.3 Å². The molecule has 0 heterocycles. The Balaban J connectivity index is 2.71. The minimum absolute atomic E-state index is 0.0361. The van der Waals surface area contributed by atoms with Crippen molar-refractivity contribution in [2.75, 3.05) is 13.2 Å². The van der Waals surface area contributed by atoms with Crippen LogP contribution in [0.25, 0.3) is 0 Å². The first-order chi connectivity index (χ1) is 9.56. The molecule has 1 aromatic rings. The van der Waals surface area contributed by atoms with E-state index in [4.69, 9.17) is 9.84 Å². The number of benzene rings is 1. The van der Waals surface area contributed by atoms with Crippen LogP contribution < -0.4 is 14.8 Å². The van der Waals surface area contributed by atoms with Gasteiger partial charge < -0.3 is 19.9 Å². The van der Waals surface area contributed by atoms with Crippen molar-refractivity contribution >= 4 is 0 Å². The van der Waals surface area contributed by atoms with E-state index in [-0.39, 0.29) is 18.4 Å². The van der Waals surface area contributed by atoms with Crippen molar-refractivity contribution in [2.45, 2.75) is 39.5 Å². The van der Waals surface area contributed by atoms with Crippen LogP contribution in [-0.2, 0) is 6.54 Å². The fourth-order valence-electron chi connectivity index (χ4n) is 1.71. The highest BCUT2D eigenvalue weighted by atomic mass is 19.3. The van der Waals surface area contributed by atoms with Crippen LogP contribution in [0.15, 0.2) is 18.2 Å². The maximum atomic E-state index is 12.3. The predicted molar refractivity (Wildman–Crippen MR) is 72.2 cm³/mol. The molecule has 2 N–H and O–H groups in total. The maximum absolute atomic E-state index is 12.3. The molecule has 4 nitrogen and oxygen atoms in total. The molecular weight excluding hydrogens is 268 g/mol. The van der Waals surface area contributed by atoms with Gasteiger partial charge >= 0.3 is 6.61 Å². The second-order valence-corrected chi connectivity index (χ2v) is 4.39. The third kappa shape index (κ3) is 5.71. The summed E-state index contributed by atoms with van der Waals surface area (Å²) in [6, 6.07) is 5.04.